The molecule has 2 nitrogen and oxygen atoms in total. The number of hydrogen-bond acceptors (Lipinski definition) is 2. The normalized spacial score (nSPS) is 13.7. The molecule has 23 heavy (non-hydrogen) atoms. The molecule has 0 heterocycles. The number of benzene rings is 2. The number of ether oxygens (including phenoxy) is 2. The van der Waals surface area contributed by atoms with Crippen LogP contribution in [0.2, 0.25) is 0 Å². The van der Waals surface area contributed by atoms with Crippen molar-refractivity contribution in [1.29, 1.82) is 0 Å². The van der Waals surface area contributed by atoms with Crippen molar-refractivity contribution in [3.8, 4) is 23.3 Å². The molecule has 0 spiro atoms. The molecule has 0 radical (unpaired) electrons. The van der Waals surface area contributed by atoms with Gasteiger partial charge in [0.1, 0.15) is 11.5 Å². The van der Waals surface area contributed by atoms with Gasteiger partial charge in [-0.05, 0) is 73.2 Å². The first kappa shape index (κ1) is 15.5. The average molecular weight is 306 g/mol. The van der Waals surface area contributed by atoms with Crippen molar-refractivity contribution >= 4 is 0 Å². The minimum absolute atomic E-state index is 0.965. The van der Waals surface area contributed by atoms with Crippen LogP contribution >= 0.6 is 0 Å². The monoisotopic (exact) mass is 306 g/mol. The van der Waals surface area contributed by atoms with Crippen LogP contribution in [0.5, 0.6) is 11.5 Å². The molecule has 0 amide bonds. The van der Waals surface area contributed by atoms with E-state index >= 15 is 0 Å². The Morgan fingerprint density at radius 1 is 0.696 bits per heavy atom. The van der Waals surface area contributed by atoms with Crippen molar-refractivity contribution in [3.63, 3.8) is 0 Å². The molecule has 0 unspecified atom stereocenters. The lowest BCUT2D eigenvalue weighted by atomic mass is 10.0. The van der Waals surface area contributed by atoms with Gasteiger partial charge in [-0.1, -0.05) is 18.3 Å². The molecule has 3 rings (SSSR count). The van der Waals surface area contributed by atoms with Crippen LogP contribution in [0.15, 0.2) is 36.4 Å². The molecule has 0 saturated carbocycles. The highest BCUT2D eigenvalue weighted by molar-refractivity contribution is 5.50. The summed E-state index contributed by atoms with van der Waals surface area (Å²) >= 11 is 0. The van der Waals surface area contributed by atoms with E-state index < -0.39 is 0 Å². The van der Waals surface area contributed by atoms with Crippen LogP contribution < -0.4 is 9.47 Å². The fraction of sp³-hybridized carbons (Fsp3) is 0.333. The van der Waals surface area contributed by atoms with Gasteiger partial charge >= 0.3 is 0 Å². The molecule has 1 aliphatic carbocycles. The summed E-state index contributed by atoms with van der Waals surface area (Å²) in [6, 6.07) is 12.4. The summed E-state index contributed by atoms with van der Waals surface area (Å²) in [7, 11) is 3.46. The predicted octanol–water partition coefficient (Wildman–Crippen LogP) is 4.37. The Labute approximate surface area is 138 Å². The molecule has 0 saturated heterocycles. The van der Waals surface area contributed by atoms with Gasteiger partial charge in [0.05, 0.1) is 14.2 Å². The molecule has 0 fully saturated rings. The van der Waals surface area contributed by atoms with Gasteiger partial charge in [0, 0.05) is 11.1 Å². The van der Waals surface area contributed by atoms with Crippen LogP contribution in [0.4, 0.5) is 0 Å². The van der Waals surface area contributed by atoms with Crippen molar-refractivity contribution in [1.82, 2.24) is 0 Å². The van der Waals surface area contributed by atoms with Crippen molar-refractivity contribution in [2.24, 2.45) is 0 Å². The van der Waals surface area contributed by atoms with Crippen LogP contribution in [0.25, 0.3) is 0 Å². The van der Waals surface area contributed by atoms with Crippen molar-refractivity contribution in [2.45, 2.75) is 32.1 Å². The van der Waals surface area contributed by atoms with Gasteiger partial charge in [0.2, 0.25) is 0 Å². The Bertz CT molecular complexity index is 689. The highest BCUT2D eigenvalue weighted by Gasteiger charge is 2.07. The van der Waals surface area contributed by atoms with Gasteiger partial charge in [-0.25, -0.2) is 0 Å². The lowest BCUT2D eigenvalue weighted by molar-refractivity contribution is 0.407. The summed E-state index contributed by atoms with van der Waals surface area (Å²) in [5.41, 5.74) is 4.58. The fourth-order valence-electron chi connectivity index (χ4n) is 3.06. The molecule has 4 bridgehead atoms. The standard InChI is InChI=1S/C21H22O2/c1-22-20-12-10-16-8-9-17-11-13-21(23-2)19(15-17)7-5-3-4-6-18(20)14-16/h10-15H,3-7H2,1-2H3. The summed E-state index contributed by atoms with van der Waals surface area (Å²) < 4.78 is 11.0. The zero-order valence-corrected chi connectivity index (χ0v) is 13.8. The van der Waals surface area contributed by atoms with Crippen molar-refractivity contribution < 1.29 is 9.47 Å². The number of hydrogen-bond donors (Lipinski definition) is 0. The number of fused-ring (bicyclic) bond motifs is 4. The van der Waals surface area contributed by atoms with Gasteiger partial charge in [-0.3, -0.25) is 0 Å². The molecular formula is C21H22O2. The largest absolute Gasteiger partial charge is 0.496 e. The Kier molecular flexibility index (Phi) is 4.88. The second-order valence-corrected chi connectivity index (χ2v) is 5.86. The Morgan fingerprint density at radius 3 is 1.61 bits per heavy atom. The highest BCUT2D eigenvalue weighted by Crippen LogP contribution is 2.25. The number of methoxy groups -OCH3 is 2. The fourth-order valence-corrected chi connectivity index (χ4v) is 3.06. The zero-order valence-electron chi connectivity index (χ0n) is 13.8. The maximum absolute atomic E-state index is 5.48. The minimum atomic E-state index is 0.965. The average Bonchev–Trinajstić information content (AvgIpc) is 2.60. The van der Waals surface area contributed by atoms with Gasteiger partial charge in [-0.15, -0.1) is 0 Å². The van der Waals surface area contributed by atoms with Crippen LogP contribution in [-0.2, 0) is 12.8 Å². The van der Waals surface area contributed by atoms with Gasteiger partial charge in [0.25, 0.3) is 0 Å². The summed E-state index contributed by atoms with van der Waals surface area (Å²) in [4.78, 5) is 0. The molecule has 1 aliphatic rings. The summed E-state index contributed by atoms with van der Waals surface area (Å²) in [6.07, 6.45) is 5.59. The maximum Gasteiger partial charge on any atom is 0.122 e. The first-order valence-corrected chi connectivity index (χ1v) is 8.16. The van der Waals surface area contributed by atoms with E-state index in [-0.39, 0.29) is 0 Å². The van der Waals surface area contributed by atoms with E-state index in [1.54, 1.807) is 14.2 Å². The third kappa shape index (κ3) is 3.68. The second-order valence-electron chi connectivity index (χ2n) is 5.86. The third-order valence-electron chi connectivity index (χ3n) is 4.30. The minimum Gasteiger partial charge on any atom is -0.496 e. The van der Waals surface area contributed by atoms with Crippen molar-refractivity contribution in [2.75, 3.05) is 14.2 Å². The number of aryl methyl sites for hydroxylation is 2. The van der Waals surface area contributed by atoms with E-state index in [1.807, 2.05) is 24.3 Å². The van der Waals surface area contributed by atoms with Gasteiger partial charge in [0.15, 0.2) is 0 Å². The number of rotatable bonds is 2. The Morgan fingerprint density at radius 2 is 1.17 bits per heavy atom. The highest BCUT2D eigenvalue weighted by atomic mass is 16.5. The Hall–Kier alpha value is -2.40. The second kappa shape index (κ2) is 7.24. The van der Waals surface area contributed by atoms with E-state index in [2.05, 4.69) is 24.0 Å². The molecule has 2 aromatic carbocycles. The SMILES string of the molecule is COc1ccc2cc1CCCCCc1cc(ccc1OC)C#C2. The predicted molar refractivity (Wildman–Crippen MR) is 93.2 cm³/mol. The molecule has 2 aromatic rings. The first-order valence-electron chi connectivity index (χ1n) is 8.16. The summed E-state index contributed by atoms with van der Waals surface area (Å²) in [5.74, 6) is 8.48. The molecule has 0 N–H and O–H groups in total. The third-order valence-corrected chi connectivity index (χ3v) is 4.30. The van der Waals surface area contributed by atoms with Crippen LogP contribution in [0, 0.1) is 11.8 Å². The van der Waals surface area contributed by atoms with Gasteiger partial charge < -0.3 is 9.47 Å². The summed E-state index contributed by atoms with van der Waals surface area (Å²) in [5, 5.41) is 0. The van der Waals surface area contributed by atoms with Crippen LogP contribution in [0.1, 0.15) is 41.5 Å². The molecule has 0 aromatic heterocycles. The lowest BCUT2D eigenvalue weighted by Crippen LogP contribution is -1.95. The smallest absolute Gasteiger partial charge is 0.122 e. The Balaban J connectivity index is 2.01. The van der Waals surface area contributed by atoms with Crippen LogP contribution in [-0.4, -0.2) is 14.2 Å². The van der Waals surface area contributed by atoms with Crippen LogP contribution in [0.3, 0.4) is 0 Å². The van der Waals surface area contributed by atoms with E-state index in [0.717, 1.165) is 48.3 Å². The van der Waals surface area contributed by atoms with E-state index in [4.69, 9.17) is 9.47 Å². The van der Waals surface area contributed by atoms with E-state index in [0.29, 0.717) is 0 Å². The molecule has 0 aliphatic heterocycles. The lowest BCUT2D eigenvalue weighted by Gasteiger charge is -2.10. The maximum atomic E-state index is 5.48. The first-order chi connectivity index (χ1) is 11.3. The molecular weight excluding hydrogens is 284 g/mol. The van der Waals surface area contributed by atoms with Gasteiger partial charge in [-0.2, -0.15) is 0 Å². The summed E-state index contributed by atoms with van der Waals surface area (Å²) in [6.45, 7) is 0. The molecule has 2 heteroatoms. The van der Waals surface area contributed by atoms with E-state index in [1.165, 1.54) is 17.5 Å². The van der Waals surface area contributed by atoms with E-state index in [9.17, 15) is 0 Å². The molecule has 0 atom stereocenters. The van der Waals surface area contributed by atoms with Crippen molar-refractivity contribution in [3.05, 3.63) is 58.7 Å². The quantitative estimate of drug-likeness (QED) is 0.767. The zero-order chi connectivity index (χ0) is 16.1. The molecule has 118 valence electrons. The topological polar surface area (TPSA) is 18.5 Å².